The minimum absolute atomic E-state index is 1.28. The van der Waals surface area contributed by atoms with Gasteiger partial charge in [0.25, 0.3) is 0 Å². The molecule has 0 heterocycles. The molecule has 0 aliphatic rings. The van der Waals surface area contributed by atoms with Crippen molar-refractivity contribution in [2.45, 2.75) is 0 Å². The van der Waals surface area contributed by atoms with Gasteiger partial charge in [-0.1, -0.05) is 60.7 Å². The molecule has 0 atom stereocenters. The van der Waals surface area contributed by atoms with Crippen molar-refractivity contribution in [2.75, 3.05) is 0 Å². The van der Waals surface area contributed by atoms with Gasteiger partial charge in [-0.3, -0.25) is 0 Å². The molecule has 0 spiro atoms. The van der Waals surface area contributed by atoms with Gasteiger partial charge in [0, 0.05) is 0 Å². The van der Waals surface area contributed by atoms with Gasteiger partial charge in [0.1, 0.15) is 0 Å². The number of rotatable bonds is 1. The molecule has 0 unspecified atom stereocenters. The molecule has 0 amide bonds. The lowest BCUT2D eigenvalue weighted by Gasteiger charge is -1.98. The molecule has 2 N–H and O–H groups in total. The summed E-state index contributed by atoms with van der Waals surface area (Å²) < 4.78 is 0. The molecule has 0 saturated heterocycles. The third-order valence-electron chi connectivity index (χ3n) is 2.06. The highest BCUT2D eigenvalue weighted by Crippen LogP contribution is 2.17. The van der Waals surface area contributed by atoms with Gasteiger partial charge in [-0.15, -0.1) is 0 Å². The number of hydrogen-bond acceptors (Lipinski definition) is 2. The first-order valence-electron chi connectivity index (χ1n) is 5.18. The molecular weight excluding hydrogens is 232 g/mol. The van der Waals surface area contributed by atoms with Crippen LogP contribution in [-0.2, 0) is 9.59 Å². The lowest BCUT2D eigenvalue weighted by atomic mass is 10.1. The van der Waals surface area contributed by atoms with E-state index in [1.165, 1.54) is 11.1 Å². The van der Waals surface area contributed by atoms with Gasteiger partial charge in [-0.2, -0.15) is 0 Å². The molecule has 0 fully saturated rings. The summed E-state index contributed by atoms with van der Waals surface area (Å²) in [5, 5.41) is 14.8. The summed E-state index contributed by atoms with van der Waals surface area (Å²) in [5.74, 6) is -3.65. The average Bonchev–Trinajstić information content (AvgIpc) is 2.41. The first kappa shape index (κ1) is 13.4. The van der Waals surface area contributed by atoms with Crippen LogP contribution in [0.1, 0.15) is 0 Å². The maximum atomic E-state index is 9.10. The Balaban J connectivity index is 0.000000232. The highest BCUT2D eigenvalue weighted by atomic mass is 16.4. The van der Waals surface area contributed by atoms with Crippen LogP contribution >= 0.6 is 0 Å². The number of carboxylic acid groups (broad SMARTS) is 2. The predicted octanol–water partition coefficient (Wildman–Crippen LogP) is 2.51. The second-order valence-electron chi connectivity index (χ2n) is 3.34. The van der Waals surface area contributed by atoms with Crippen LogP contribution in [0, 0.1) is 0 Å². The zero-order valence-electron chi connectivity index (χ0n) is 9.48. The van der Waals surface area contributed by atoms with E-state index in [-0.39, 0.29) is 0 Å². The Labute approximate surface area is 104 Å². The molecule has 4 heteroatoms. The number of carbonyl (C=O) groups is 2. The zero-order valence-corrected chi connectivity index (χ0v) is 9.48. The molecule has 0 radical (unpaired) electrons. The predicted molar refractivity (Wildman–Crippen MR) is 67.1 cm³/mol. The molecule has 0 aromatic heterocycles. The van der Waals surface area contributed by atoms with Crippen molar-refractivity contribution in [3.63, 3.8) is 0 Å². The highest BCUT2D eigenvalue weighted by molar-refractivity contribution is 6.27. The Bertz CT molecular complexity index is 456. The third kappa shape index (κ3) is 4.49. The van der Waals surface area contributed by atoms with Crippen LogP contribution in [0.15, 0.2) is 60.7 Å². The molecule has 0 saturated carbocycles. The Hall–Kier alpha value is -2.62. The SMILES string of the molecule is O=C(O)C(=O)O.c1ccc(-c2ccccc2)cc1. The molecule has 4 nitrogen and oxygen atoms in total. The highest BCUT2D eigenvalue weighted by Gasteiger charge is 2.04. The molecule has 0 aliphatic carbocycles. The van der Waals surface area contributed by atoms with Gasteiger partial charge in [0.05, 0.1) is 0 Å². The summed E-state index contributed by atoms with van der Waals surface area (Å²) in [6.45, 7) is 0. The summed E-state index contributed by atoms with van der Waals surface area (Å²) in [6.07, 6.45) is 0. The maximum Gasteiger partial charge on any atom is 0.414 e. The standard InChI is InChI=1S/C12H10.C2H2O4/c1-3-7-11(8-4-1)12-9-5-2-6-10-12;3-1(4)2(5)6/h1-10H;(H,3,4)(H,5,6). The van der Waals surface area contributed by atoms with E-state index in [1.807, 2.05) is 12.1 Å². The minimum Gasteiger partial charge on any atom is -0.473 e. The van der Waals surface area contributed by atoms with Crippen LogP contribution < -0.4 is 0 Å². The van der Waals surface area contributed by atoms with Crippen LogP contribution in [0.2, 0.25) is 0 Å². The fraction of sp³-hybridized carbons (Fsp3) is 0. The van der Waals surface area contributed by atoms with Gasteiger partial charge >= 0.3 is 11.9 Å². The van der Waals surface area contributed by atoms with Gasteiger partial charge in [-0.05, 0) is 11.1 Å². The van der Waals surface area contributed by atoms with Gasteiger partial charge in [0.15, 0.2) is 0 Å². The number of benzene rings is 2. The van der Waals surface area contributed by atoms with Crippen molar-refractivity contribution in [1.29, 1.82) is 0 Å². The molecule has 0 bridgehead atoms. The molecule has 2 aromatic rings. The third-order valence-corrected chi connectivity index (χ3v) is 2.06. The summed E-state index contributed by atoms with van der Waals surface area (Å²) in [5.41, 5.74) is 2.55. The lowest BCUT2D eigenvalue weighted by molar-refractivity contribution is -0.159. The molecule has 2 aromatic carbocycles. The van der Waals surface area contributed by atoms with Gasteiger partial charge in [-0.25, -0.2) is 9.59 Å². The second-order valence-corrected chi connectivity index (χ2v) is 3.34. The van der Waals surface area contributed by atoms with Crippen molar-refractivity contribution in [1.82, 2.24) is 0 Å². The van der Waals surface area contributed by atoms with Gasteiger partial charge < -0.3 is 10.2 Å². The van der Waals surface area contributed by atoms with Crippen molar-refractivity contribution in [2.24, 2.45) is 0 Å². The van der Waals surface area contributed by atoms with Crippen LogP contribution in [0.5, 0.6) is 0 Å². The van der Waals surface area contributed by atoms with Crippen LogP contribution in [0.4, 0.5) is 0 Å². The minimum atomic E-state index is -1.82. The molecule has 18 heavy (non-hydrogen) atoms. The van der Waals surface area contributed by atoms with Crippen molar-refractivity contribution in [3.05, 3.63) is 60.7 Å². The van der Waals surface area contributed by atoms with Crippen LogP contribution in [0.3, 0.4) is 0 Å². The van der Waals surface area contributed by atoms with Crippen molar-refractivity contribution in [3.8, 4) is 11.1 Å². The summed E-state index contributed by atoms with van der Waals surface area (Å²) in [7, 11) is 0. The Morgan fingerprint density at radius 1 is 0.611 bits per heavy atom. The van der Waals surface area contributed by atoms with E-state index in [0.29, 0.717) is 0 Å². The second kappa shape index (κ2) is 6.85. The lowest BCUT2D eigenvalue weighted by Crippen LogP contribution is -2.09. The Morgan fingerprint density at radius 2 is 0.889 bits per heavy atom. The van der Waals surface area contributed by atoms with E-state index in [1.54, 1.807) is 0 Å². The average molecular weight is 244 g/mol. The molecule has 0 aliphatic heterocycles. The van der Waals surface area contributed by atoms with E-state index in [0.717, 1.165) is 0 Å². The number of hydrogen-bond donors (Lipinski definition) is 2. The Kier molecular flexibility index (Phi) is 5.12. The first-order chi connectivity index (χ1) is 8.61. The van der Waals surface area contributed by atoms with Crippen molar-refractivity contribution < 1.29 is 19.8 Å². The van der Waals surface area contributed by atoms with Crippen molar-refractivity contribution >= 4 is 11.9 Å². The Morgan fingerprint density at radius 3 is 1.11 bits per heavy atom. The summed E-state index contributed by atoms with van der Waals surface area (Å²) in [4.78, 5) is 18.2. The topological polar surface area (TPSA) is 74.6 Å². The fourth-order valence-corrected chi connectivity index (χ4v) is 1.26. The summed E-state index contributed by atoms with van der Waals surface area (Å²) >= 11 is 0. The fourth-order valence-electron chi connectivity index (χ4n) is 1.26. The van der Waals surface area contributed by atoms with E-state index >= 15 is 0 Å². The molecule has 92 valence electrons. The molecular formula is C14H12O4. The smallest absolute Gasteiger partial charge is 0.414 e. The molecule has 2 rings (SSSR count). The zero-order chi connectivity index (χ0) is 13.4. The van der Waals surface area contributed by atoms with E-state index in [2.05, 4.69) is 48.5 Å². The van der Waals surface area contributed by atoms with E-state index < -0.39 is 11.9 Å². The monoisotopic (exact) mass is 244 g/mol. The number of carboxylic acids is 2. The van der Waals surface area contributed by atoms with Crippen LogP contribution in [0.25, 0.3) is 11.1 Å². The largest absolute Gasteiger partial charge is 0.473 e. The maximum absolute atomic E-state index is 9.10. The normalized spacial score (nSPS) is 8.89. The first-order valence-corrected chi connectivity index (χ1v) is 5.18. The van der Waals surface area contributed by atoms with E-state index in [9.17, 15) is 0 Å². The van der Waals surface area contributed by atoms with E-state index in [4.69, 9.17) is 19.8 Å². The van der Waals surface area contributed by atoms with Gasteiger partial charge in [0.2, 0.25) is 0 Å². The van der Waals surface area contributed by atoms with Crippen LogP contribution in [-0.4, -0.2) is 22.2 Å². The quantitative estimate of drug-likeness (QED) is 0.756. The number of aliphatic carboxylic acids is 2. The summed E-state index contributed by atoms with van der Waals surface area (Å²) in [6, 6.07) is 20.8.